The third-order valence-corrected chi connectivity index (χ3v) is 2.58. The number of halogens is 2. The third-order valence-electron chi connectivity index (χ3n) is 1.75. The minimum absolute atomic E-state index is 0.302. The predicted molar refractivity (Wildman–Crippen MR) is 59.3 cm³/mol. The van der Waals surface area contributed by atoms with Crippen LogP contribution in [-0.2, 0) is 0 Å². The zero-order chi connectivity index (χ0) is 10.1. The van der Waals surface area contributed by atoms with Gasteiger partial charge in [0.2, 0.25) is 0 Å². The van der Waals surface area contributed by atoms with E-state index in [1.165, 1.54) is 6.26 Å². The van der Waals surface area contributed by atoms with Gasteiger partial charge in [0, 0.05) is 5.56 Å². The molecule has 0 amide bonds. The van der Waals surface area contributed by atoms with Crippen molar-refractivity contribution in [2.45, 2.75) is 0 Å². The fourth-order valence-electron chi connectivity index (χ4n) is 1.16. The summed E-state index contributed by atoms with van der Waals surface area (Å²) >= 11 is 16.8. The van der Waals surface area contributed by atoms with Gasteiger partial charge in [0.05, 0.1) is 15.7 Å². The zero-order valence-corrected chi connectivity index (χ0v) is 9.21. The van der Waals surface area contributed by atoms with Gasteiger partial charge in [-0.05, 0) is 24.4 Å². The lowest BCUT2D eigenvalue weighted by Crippen LogP contribution is -1.80. The Kier molecular flexibility index (Phi) is 2.63. The summed E-state index contributed by atoms with van der Waals surface area (Å²) in [6, 6.07) is 5.29. The first-order valence-corrected chi connectivity index (χ1v) is 4.97. The second-order valence-corrected chi connectivity index (χ2v) is 3.84. The molecule has 1 N–H and O–H groups in total. The molecule has 0 spiro atoms. The maximum absolute atomic E-state index is 5.99. The Balaban J connectivity index is 2.67. The Labute approximate surface area is 95.5 Å². The van der Waals surface area contributed by atoms with E-state index >= 15 is 0 Å². The molecule has 2 rings (SSSR count). The van der Waals surface area contributed by atoms with Gasteiger partial charge in [0.1, 0.15) is 6.26 Å². The number of hydrogen-bond acceptors (Lipinski definition) is 2. The monoisotopic (exact) mass is 245 g/mol. The van der Waals surface area contributed by atoms with Crippen LogP contribution in [0, 0.1) is 4.84 Å². The Hall–Kier alpha value is -0.770. The molecule has 2 nitrogen and oxygen atoms in total. The topological polar surface area (TPSA) is 28.9 Å². The molecule has 14 heavy (non-hydrogen) atoms. The van der Waals surface area contributed by atoms with Crippen LogP contribution in [0.15, 0.2) is 28.9 Å². The van der Waals surface area contributed by atoms with Gasteiger partial charge in [-0.25, -0.2) is 0 Å². The van der Waals surface area contributed by atoms with Crippen LogP contribution in [0.4, 0.5) is 0 Å². The van der Waals surface area contributed by atoms with Crippen molar-refractivity contribution in [2.24, 2.45) is 0 Å². The van der Waals surface area contributed by atoms with E-state index in [-0.39, 0.29) is 0 Å². The van der Waals surface area contributed by atoms with Crippen LogP contribution in [0.3, 0.4) is 0 Å². The van der Waals surface area contributed by atoms with Crippen molar-refractivity contribution < 1.29 is 4.42 Å². The quantitative estimate of drug-likeness (QED) is 0.759. The van der Waals surface area contributed by atoms with Gasteiger partial charge in [-0.2, -0.15) is 0 Å². The van der Waals surface area contributed by atoms with Crippen molar-refractivity contribution >= 4 is 35.4 Å². The SMILES string of the molecule is S=c1[nH]c(-c2c(Cl)cccc2Cl)co1. The first-order chi connectivity index (χ1) is 6.68. The first kappa shape index (κ1) is 9.77. The minimum atomic E-state index is 0.302. The van der Waals surface area contributed by atoms with Crippen molar-refractivity contribution in [1.82, 2.24) is 4.98 Å². The lowest BCUT2D eigenvalue weighted by Gasteiger charge is -2.02. The molecule has 0 aliphatic rings. The fourth-order valence-corrected chi connectivity index (χ4v) is 1.92. The molecule has 0 saturated heterocycles. The molecule has 1 heterocycles. The summed E-state index contributed by atoms with van der Waals surface area (Å²) in [4.78, 5) is 3.16. The van der Waals surface area contributed by atoms with E-state index in [1.807, 2.05) is 0 Å². The van der Waals surface area contributed by atoms with Crippen LogP contribution < -0.4 is 0 Å². The van der Waals surface area contributed by atoms with E-state index in [0.717, 1.165) is 0 Å². The number of rotatable bonds is 1. The summed E-state index contributed by atoms with van der Waals surface area (Å²) in [7, 11) is 0. The Morgan fingerprint density at radius 1 is 1.21 bits per heavy atom. The van der Waals surface area contributed by atoms with E-state index in [9.17, 15) is 0 Å². The van der Waals surface area contributed by atoms with Crippen LogP contribution in [0.25, 0.3) is 11.3 Å². The van der Waals surface area contributed by atoms with E-state index in [2.05, 4.69) is 4.98 Å². The average Bonchev–Trinajstić information content (AvgIpc) is 2.51. The summed E-state index contributed by atoms with van der Waals surface area (Å²) in [5.74, 6) is 0. The summed E-state index contributed by atoms with van der Waals surface area (Å²) in [5, 5.41) is 1.12. The van der Waals surface area contributed by atoms with Crippen LogP contribution in [-0.4, -0.2) is 4.98 Å². The molecule has 72 valence electrons. The number of benzene rings is 1. The molecule has 0 aliphatic heterocycles. The van der Waals surface area contributed by atoms with E-state index in [4.69, 9.17) is 39.8 Å². The van der Waals surface area contributed by atoms with Crippen molar-refractivity contribution in [3.63, 3.8) is 0 Å². The third kappa shape index (κ3) is 1.71. The van der Waals surface area contributed by atoms with Gasteiger partial charge < -0.3 is 9.40 Å². The van der Waals surface area contributed by atoms with Crippen LogP contribution in [0.2, 0.25) is 10.0 Å². The van der Waals surface area contributed by atoms with Gasteiger partial charge in [-0.1, -0.05) is 29.3 Å². The van der Waals surface area contributed by atoms with E-state index in [0.29, 0.717) is 26.1 Å². The number of aromatic amines is 1. The first-order valence-electron chi connectivity index (χ1n) is 3.80. The van der Waals surface area contributed by atoms with E-state index in [1.54, 1.807) is 18.2 Å². The highest BCUT2D eigenvalue weighted by Crippen LogP contribution is 2.33. The summed E-state index contributed by atoms with van der Waals surface area (Å²) < 4.78 is 4.97. The number of aromatic nitrogens is 1. The molecule has 0 atom stereocenters. The number of oxazole rings is 1. The molecule has 0 saturated carbocycles. The van der Waals surface area contributed by atoms with Crippen molar-refractivity contribution in [3.8, 4) is 11.3 Å². The average molecular weight is 246 g/mol. The van der Waals surface area contributed by atoms with Gasteiger partial charge in [0.15, 0.2) is 0 Å². The summed E-state index contributed by atoms with van der Waals surface area (Å²) in [5.41, 5.74) is 1.39. The predicted octanol–water partition coefficient (Wildman–Crippen LogP) is 4.31. The Bertz CT molecular complexity index is 497. The lowest BCUT2D eigenvalue weighted by molar-refractivity contribution is 0.541. The van der Waals surface area contributed by atoms with Crippen LogP contribution in [0.5, 0.6) is 0 Å². The maximum Gasteiger partial charge on any atom is 0.266 e. The molecule has 0 bridgehead atoms. The smallest absolute Gasteiger partial charge is 0.266 e. The molecular formula is C9H5Cl2NOS. The molecular weight excluding hydrogens is 241 g/mol. The number of H-pyrrole nitrogens is 1. The lowest BCUT2D eigenvalue weighted by atomic mass is 10.2. The summed E-state index contributed by atoms with van der Waals surface area (Å²) in [6.07, 6.45) is 1.50. The Morgan fingerprint density at radius 2 is 1.86 bits per heavy atom. The second-order valence-electron chi connectivity index (χ2n) is 2.66. The summed E-state index contributed by atoms with van der Waals surface area (Å²) in [6.45, 7) is 0. The van der Waals surface area contributed by atoms with Crippen LogP contribution >= 0.6 is 35.4 Å². The Morgan fingerprint density at radius 3 is 2.36 bits per heavy atom. The van der Waals surface area contributed by atoms with Gasteiger partial charge in [-0.3, -0.25) is 0 Å². The number of hydrogen-bond donors (Lipinski definition) is 1. The standard InChI is InChI=1S/C9H5Cl2NOS/c10-5-2-1-3-6(11)8(5)7-4-13-9(14)12-7/h1-4H,(H,12,14). The van der Waals surface area contributed by atoms with Gasteiger partial charge in [0.25, 0.3) is 4.84 Å². The molecule has 1 aromatic carbocycles. The largest absolute Gasteiger partial charge is 0.437 e. The minimum Gasteiger partial charge on any atom is -0.437 e. The van der Waals surface area contributed by atoms with Crippen molar-refractivity contribution in [1.29, 1.82) is 0 Å². The molecule has 5 heteroatoms. The normalized spacial score (nSPS) is 10.4. The van der Waals surface area contributed by atoms with Gasteiger partial charge in [-0.15, -0.1) is 0 Å². The van der Waals surface area contributed by atoms with Crippen LogP contribution in [0.1, 0.15) is 0 Å². The molecule has 0 aliphatic carbocycles. The van der Waals surface area contributed by atoms with E-state index < -0.39 is 0 Å². The highest BCUT2D eigenvalue weighted by atomic mass is 35.5. The van der Waals surface area contributed by atoms with Crippen molar-refractivity contribution in [3.05, 3.63) is 39.3 Å². The zero-order valence-electron chi connectivity index (χ0n) is 6.88. The molecule has 0 fully saturated rings. The number of nitrogens with one attached hydrogen (secondary N) is 1. The second kappa shape index (κ2) is 3.77. The molecule has 0 radical (unpaired) electrons. The molecule has 2 aromatic rings. The fraction of sp³-hybridized carbons (Fsp3) is 0. The van der Waals surface area contributed by atoms with Crippen molar-refractivity contribution in [2.75, 3.05) is 0 Å². The molecule has 1 aromatic heterocycles. The highest BCUT2D eigenvalue weighted by molar-refractivity contribution is 7.71. The highest BCUT2D eigenvalue weighted by Gasteiger charge is 2.09. The maximum atomic E-state index is 5.99. The molecule has 0 unspecified atom stereocenters. The van der Waals surface area contributed by atoms with Gasteiger partial charge >= 0.3 is 0 Å².